The van der Waals surface area contributed by atoms with Crippen LogP contribution in [-0.2, 0) is 33.3 Å². The molecule has 0 amide bonds. The molecule has 3 saturated heterocycles. The van der Waals surface area contributed by atoms with E-state index in [2.05, 4.69) is 15.9 Å². The van der Waals surface area contributed by atoms with E-state index in [1.54, 1.807) is 31.2 Å². The zero-order chi connectivity index (χ0) is 32.3. The van der Waals surface area contributed by atoms with Crippen molar-refractivity contribution in [3.63, 3.8) is 0 Å². The smallest absolute Gasteiger partial charge is 0.322 e. The largest absolute Gasteiger partial charge is 0.493 e. The predicted molar refractivity (Wildman–Crippen MR) is 156 cm³/mol. The van der Waals surface area contributed by atoms with Crippen LogP contribution in [0.25, 0.3) is 0 Å². The van der Waals surface area contributed by atoms with E-state index in [9.17, 15) is 19.8 Å². The first kappa shape index (κ1) is 31.4. The van der Waals surface area contributed by atoms with E-state index < -0.39 is 72.8 Å². The van der Waals surface area contributed by atoms with Gasteiger partial charge in [0.2, 0.25) is 12.5 Å². The number of rotatable bonds is 7. The molecular weight excluding hydrogens is 676 g/mol. The maximum absolute atomic E-state index is 13.5. The second kappa shape index (κ2) is 12.4. The van der Waals surface area contributed by atoms with Crippen LogP contribution in [-0.4, -0.2) is 98.7 Å². The highest BCUT2D eigenvalue weighted by molar-refractivity contribution is 9.09. The molecule has 0 spiro atoms. The van der Waals surface area contributed by atoms with Crippen molar-refractivity contribution in [2.24, 2.45) is 11.8 Å². The van der Waals surface area contributed by atoms with Gasteiger partial charge in [-0.2, -0.15) is 0 Å². The van der Waals surface area contributed by atoms with Gasteiger partial charge in [0.15, 0.2) is 35.6 Å². The molecule has 0 aromatic heterocycles. The summed E-state index contributed by atoms with van der Waals surface area (Å²) in [7, 11) is 2.87. The zero-order valence-corrected chi connectivity index (χ0v) is 26.7. The van der Waals surface area contributed by atoms with Crippen molar-refractivity contribution in [3.05, 3.63) is 41.0 Å². The van der Waals surface area contributed by atoms with Crippen LogP contribution in [0.2, 0.25) is 0 Å². The van der Waals surface area contributed by atoms with Gasteiger partial charge in [0, 0.05) is 11.8 Å². The second-order valence-corrected chi connectivity index (χ2v) is 12.1. The quantitative estimate of drug-likeness (QED) is 0.243. The lowest BCUT2D eigenvalue weighted by molar-refractivity contribution is -0.364. The lowest BCUT2D eigenvalue weighted by atomic mass is 9.66. The van der Waals surface area contributed by atoms with Crippen LogP contribution in [0.4, 0.5) is 0 Å². The third-order valence-electron chi connectivity index (χ3n) is 9.05. The number of carbonyl (C=O) groups is 2. The van der Waals surface area contributed by atoms with Crippen LogP contribution in [0, 0.1) is 11.8 Å². The highest BCUT2D eigenvalue weighted by Crippen LogP contribution is 2.57. The van der Waals surface area contributed by atoms with Crippen molar-refractivity contribution in [3.8, 4) is 28.7 Å². The number of halogens is 1. The number of esters is 2. The molecule has 4 heterocycles. The standard InChI is InChI=1S/C31H33BrO14/c1-12-39-10-21-29(43-12)25(34)26(35)31(44-21)46-27-15-7-18-17(41-11-42-18)6-14(15)23(24-16(27)9-40-30(24)36)13-4-19(37-2)28(20(5-13)38-3)45-22(33)8-32/h4-7,12,16,21,23-27,29,31,34-35H,8-11H2,1-3H3/t12-,16+,21-,23-,24+,25-,26-,27-,29-,31+/m1/s1. The Morgan fingerprint density at radius 1 is 0.957 bits per heavy atom. The molecule has 0 radical (unpaired) electrons. The molecule has 46 heavy (non-hydrogen) atoms. The minimum Gasteiger partial charge on any atom is -0.493 e. The summed E-state index contributed by atoms with van der Waals surface area (Å²) in [5, 5.41) is 22.0. The van der Waals surface area contributed by atoms with Crippen molar-refractivity contribution in [1.29, 1.82) is 0 Å². The van der Waals surface area contributed by atoms with E-state index in [1.807, 2.05) is 0 Å². The highest BCUT2D eigenvalue weighted by Gasteiger charge is 2.56. The lowest BCUT2D eigenvalue weighted by Gasteiger charge is -2.47. The van der Waals surface area contributed by atoms with E-state index in [1.165, 1.54) is 14.2 Å². The first-order valence-electron chi connectivity index (χ1n) is 14.8. The Balaban J connectivity index is 1.31. The molecular formula is C31H33BrO14. The number of ether oxygens (including phenoxy) is 10. The Morgan fingerprint density at radius 2 is 1.65 bits per heavy atom. The minimum atomic E-state index is -1.46. The third-order valence-corrected chi connectivity index (χ3v) is 9.51. The van der Waals surface area contributed by atoms with Gasteiger partial charge in [0.05, 0.1) is 39.5 Å². The van der Waals surface area contributed by atoms with Gasteiger partial charge in [-0.3, -0.25) is 9.59 Å². The molecule has 7 rings (SSSR count). The topological polar surface area (TPSA) is 167 Å². The van der Waals surface area contributed by atoms with Gasteiger partial charge in [0.25, 0.3) is 0 Å². The predicted octanol–water partition coefficient (Wildman–Crippen LogP) is 1.93. The Morgan fingerprint density at radius 3 is 2.33 bits per heavy atom. The summed E-state index contributed by atoms with van der Waals surface area (Å²) in [5.74, 6) is -1.42. The fourth-order valence-corrected chi connectivity index (χ4v) is 7.08. The van der Waals surface area contributed by atoms with Gasteiger partial charge in [-0.15, -0.1) is 0 Å². The van der Waals surface area contributed by atoms with Gasteiger partial charge in [-0.25, -0.2) is 0 Å². The van der Waals surface area contributed by atoms with Crippen LogP contribution in [0.1, 0.15) is 35.6 Å². The molecule has 5 aliphatic rings. The summed E-state index contributed by atoms with van der Waals surface area (Å²) < 4.78 is 57.6. The molecule has 0 unspecified atom stereocenters. The molecule has 0 bridgehead atoms. The summed E-state index contributed by atoms with van der Waals surface area (Å²) in [5.41, 5.74) is 1.95. The fraction of sp³-hybridized carbons (Fsp3) is 0.548. The van der Waals surface area contributed by atoms with Crippen LogP contribution in [0.5, 0.6) is 28.7 Å². The van der Waals surface area contributed by atoms with E-state index >= 15 is 0 Å². The number of alkyl halides is 1. The van der Waals surface area contributed by atoms with Crippen LogP contribution < -0.4 is 23.7 Å². The summed E-state index contributed by atoms with van der Waals surface area (Å²) in [6.45, 7) is 1.87. The van der Waals surface area contributed by atoms with Crippen molar-refractivity contribution in [2.75, 3.05) is 39.6 Å². The SMILES string of the molecule is COc1cc([C@@H]2c3cc4c(cc3[C@@H](O[C@@H]3O[C@@H]5CO[C@@H](C)O[C@H]5[C@H](O)[C@H]3O)[C@H]3COC(=O)[C@H]23)OCO4)cc(OC)c1OC(=O)CBr. The first-order valence-corrected chi connectivity index (χ1v) is 15.9. The normalized spacial score (nSPS) is 34.2. The van der Waals surface area contributed by atoms with E-state index in [4.69, 9.17) is 47.4 Å². The average Bonchev–Trinajstić information content (AvgIpc) is 3.68. The van der Waals surface area contributed by atoms with Crippen molar-refractivity contribution >= 4 is 27.9 Å². The number of fused-ring (bicyclic) bond motifs is 4. The summed E-state index contributed by atoms with van der Waals surface area (Å²) in [4.78, 5) is 25.7. The van der Waals surface area contributed by atoms with Crippen LogP contribution in [0.15, 0.2) is 24.3 Å². The molecule has 2 N–H and O–H groups in total. The molecule has 2 aromatic carbocycles. The summed E-state index contributed by atoms with van der Waals surface area (Å²) in [6, 6.07) is 6.97. The molecule has 10 atom stereocenters. The molecule has 3 fully saturated rings. The fourth-order valence-electron chi connectivity index (χ4n) is 6.96. The number of benzene rings is 2. The number of carbonyl (C=O) groups excluding carboxylic acids is 2. The van der Waals surface area contributed by atoms with E-state index in [0.717, 1.165) is 0 Å². The maximum Gasteiger partial charge on any atom is 0.322 e. The van der Waals surface area contributed by atoms with Crippen molar-refractivity contribution in [2.45, 2.75) is 55.9 Å². The number of methoxy groups -OCH3 is 2. The molecule has 1 aliphatic carbocycles. The molecule has 15 heteroatoms. The van der Waals surface area contributed by atoms with E-state index in [0.29, 0.717) is 28.2 Å². The highest BCUT2D eigenvalue weighted by atomic mass is 79.9. The second-order valence-electron chi connectivity index (χ2n) is 11.6. The number of aliphatic hydroxyl groups excluding tert-OH is 2. The molecule has 4 aliphatic heterocycles. The molecule has 14 nitrogen and oxygen atoms in total. The molecule has 2 aromatic rings. The number of aliphatic hydroxyl groups is 2. The zero-order valence-electron chi connectivity index (χ0n) is 25.1. The lowest BCUT2D eigenvalue weighted by Crippen LogP contribution is -2.63. The number of cyclic esters (lactones) is 1. The maximum atomic E-state index is 13.5. The van der Waals surface area contributed by atoms with Gasteiger partial charge < -0.3 is 57.6 Å². The van der Waals surface area contributed by atoms with Gasteiger partial charge in [0.1, 0.15) is 29.7 Å². The summed E-state index contributed by atoms with van der Waals surface area (Å²) in [6.07, 6.45) is -6.94. The Bertz CT molecular complexity index is 1490. The van der Waals surface area contributed by atoms with Crippen molar-refractivity contribution in [1.82, 2.24) is 0 Å². The minimum absolute atomic E-state index is 0.0106. The van der Waals surface area contributed by atoms with E-state index in [-0.39, 0.29) is 42.6 Å². The Hall–Kier alpha value is -3.18. The monoisotopic (exact) mass is 708 g/mol. The third kappa shape index (κ3) is 5.27. The average molecular weight is 709 g/mol. The van der Waals surface area contributed by atoms with Crippen molar-refractivity contribution < 1.29 is 67.2 Å². The van der Waals surface area contributed by atoms with Crippen LogP contribution >= 0.6 is 15.9 Å². The Kier molecular flexibility index (Phi) is 8.50. The van der Waals surface area contributed by atoms with Gasteiger partial charge in [-0.05, 0) is 47.9 Å². The molecule has 248 valence electrons. The number of hydrogen-bond donors (Lipinski definition) is 2. The Labute approximate surface area is 271 Å². The van der Waals surface area contributed by atoms with Gasteiger partial charge >= 0.3 is 11.9 Å². The van der Waals surface area contributed by atoms with Crippen LogP contribution in [0.3, 0.4) is 0 Å². The number of hydrogen-bond acceptors (Lipinski definition) is 14. The first-order chi connectivity index (χ1) is 22.2. The molecule has 0 saturated carbocycles. The van der Waals surface area contributed by atoms with Gasteiger partial charge in [-0.1, -0.05) is 15.9 Å². The summed E-state index contributed by atoms with van der Waals surface area (Å²) >= 11 is 3.10.